The van der Waals surface area contributed by atoms with Gasteiger partial charge in [0.05, 0.1) is 16.8 Å². The second-order valence-electron chi connectivity index (χ2n) is 25.3. The van der Waals surface area contributed by atoms with E-state index in [0.717, 1.165) is 102 Å². The molecule has 6 N–H and O–H groups in total. The van der Waals surface area contributed by atoms with Crippen LogP contribution in [0.4, 0.5) is 11.4 Å². The maximum absolute atomic E-state index is 12.3. The van der Waals surface area contributed by atoms with Gasteiger partial charge in [-0.25, -0.2) is 0 Å². The Balaban J connectivity index is 1.05. The van der Waals surface area contributed by atoms with Crippen LogP contribution in [0.15, 0.2) is 66.7 Å². The molecule has 13 aliphatic rings. The van der Waals surface area contributed by atoms with Crippen molar-refractivity contribution in [2.24, 2.45) is 52.3 Å². The minimum atomic E-state index is -0.740. The Kier molecular flexibility index (Phi) is 6.95. The number of hydrogen-bond acceptors (Lipinski definition) is 4. The number of nitrogen functional groups attached to an aromatic ring is 2. The summed E-state index contributed by atoms with van der Waals surface area (Å²) in [4.78, 5) is 0. The van der Waals surface area contributed by atoms with Crippen molar-refractivity contribution in [2.45, 2.75) is 151 Å². The lowest BCUT2D eigenvalue weighted by molar-refractivity contribution is -0.110. The topological polar surface area (TPSA) is 92.5 Å². The van der Waals surface area contributed by atoms with Crippen molar-refractivity contribution in [1.82, 2.24) is 0 Å². The van der Waals surface area contributed by atoms with Crippen molar-refractivity contribution in [3.63, 3.8) is 0 Å². The highest BCUT2D eigenvalue weighted by Crippen LogP contribution is 2.71. The van der Waals surface area contributed by atoms with Crippen LogP contribution < -0.4 is 11.5 Å². The molecule has 17 rings (SSSR count). The van der Waals surface area contributed by atoms with Crippen LogP contribution in [0.1, 0.15) is 168 Å². The summed E-state index contributed by atoms with van der Waals surface area (Å²) in [6, 6.07) is 26.1. The van der Waals surface area contributed by atoms with Gasteiger partial charge in [0.1, 0.15) is 11.5 Å². The first-order valence-electron chi connectivity index (χ1n) is 24.8. The zero-order chi connectivity index (χ0) is 41.1. The summed E-state index contributed by atoms with van der Waals surface area (Å²) in [6.07, 6.45) is 23.0. The number of anilines is 2. The molecule has 4 aromatic carbocycles. The first-order chi connectivity index (χ1) is 29.3. The maximum atomic E-state index is 12.3. The van der Waals surface area contributed by atoms with Gasteiger partial charge in [-0.1, -0.05) is 56.3 Å². The Morgan fingerprint density at radius 2 is 0.852 bits per heavy atom. The number of phenols is 2. The molecule has 12 saturated carbocycles. The highest BCUT2D eigenvalue weighted by Gasteiger charge is 2.62. The first kappa shape index (κ1) is 36.6. The van der Waals surface area contributed by atoms with Crippen molar-refractivity contribution in [3.8, 4) is 22.6 Å². The van der Waals surface area contributed by atoms with Crippen molar-refractivity contribution in [1.29, 1.82) is 0 Å². The van der Waals surface area contributed by atoms with Gasteiger partial charge in [0.2, 0.25) is 0 Å². The van der Waals surface area contributed by atoms with Crippen LogP contribution in [0, 0.1) is 52.3 Å². The fourth-order valence-corrected chi connectivity index (χ4v) is 20.6. The second kappa shape index (κ2) is 11.6. The van der Waals surface area contributed by atoms with Crippen LogP contribution >= 0.6 is 0 Å². The lowest BCUT2D eigenvalue weighted by Crippen LogP contribution is -2.56. The summed E-state index contributed by atoms with van der Waals surface area (Å²) in [5.74, 6) is 5.86. The Morgan fingerprint density at radius 1 is 0.426 bits per heavy atom. The predicted octanol–water partition coefficient (Wildman–Crippen LogP) is 12.8. The molecule has 0 amide bonds. The summed E-state index contributed by atoms with van der Waals surface area (Å²) < 4.78 is 0. The SMILES string of the molecule is CC12CC3CC(C)(C1)CC(c1ccc4c(c1)C(c1cc(N)c(O)c(C56CC7CC(CC(C7)C5)C6)c1)(c1cc(N)c(O)c(C56CC7CC(CC(C7)C5)C6)c1)c1ccccc1-4)(C3)C2. The summed E-state index contributed by atoms with van der Waals surface area (Å²) >= 11 is 0. The minimum Gasteiger partial charge on any atom is -0.505 e. The highest BCUT2D eigenvalue weighted by atomic mass is 16.3. The average molecular weight is 811 g/mol. The fourth-order valence-electron chi connectivity index (χ4n) is 20.6. The molecule has 316 valence electrons. The van der Waals surface area contributed by atoms with Gasteiger partial charge in [0.15, 0.2) is 0 Å². The minimum absolute atomic E-state index is 0.0462. The number of fused-ring (bicyclic) bond motifs is 3. The van der Waals surface area contributed by atoms with Gasteiger partial charge in [-0.3, -0.25) is 0 Å². The number of phenolic OH excluding ortho intramolecular Hbond substituents is 2. The third-order valence-corrected chi connectivity index (χ3v) is 20.6. The van der Waals surface area contributed by atoms with E-state index in [2.05, 4.69) is 80.6 Å². The zero-order valence-electron chi connectivity index (χ0n) is 36.7. The van der Waals surface area contributed by atoms with Crippen LogP contribution in [0.25, 0.3) is 11.1 Å². The Labute approximate surface area is 363 Å². The van der Waals surface area contributed by atoms with E-state index in [9.17, 15) is 10.2 Å². The molecular weight excluding hydrogens is 745 g/mol. The molecule has 0 saturated heterocycles. The molecular formula is C57H66N2O2. The van der Waals surface area contributed by atoms with E-state index in [4.69, 9.17) is 11.5 Å². The molecule has 61 heavy (non-hydrogen) atoms. The molecule has 12 bridgehead atoms. The maximum Gasteiger partial charge on any atom is 0.142 e. The van der Waals surface area contributed by atoms with Crippen LogP contribution in [0.2, 0.25) is 0 Å². The van der Waals surface area contributed by atoms with Crippen LogP contribution in [0.5, 0.6) is 11.5 Å². The number of benzene rings is 4. The van der Waals surface area contributed by atoms with Gasteiger partial charge in [-0.05, 0) is 247 Å². The lowest BCUT2D eigenvalue weighted by atomic mass is 9.39. The summed E-state index contributed by atoms with van der Waals surface area (Å²) in [5, 5.41) is 24.6. The molecule has 4 heteroatoms. The molecule has 0 heterocycles. The third kappa shape index (κ3) is 4.79. The molecule has 4 nitrogen and oxygen atoms in total. The summed E-state index contributed by atoms with van der Waals surface area (Å²) in [5.41, 5.74) is 26.8. The standard InChI is InChI=1S/C57H66N2O2/c1-52-20-38-21-53(2,29-52)31-56(28-38,30-52)39-7-8-43-42-5-3-4-6-44(42)57(45(43)15-39,40-16-46(50(60)48(58)18-40)54-22-32-9-33(23-54)11-34(10-32)24-54)41-17-47(51(61)49(59)19-41)55-25-35-12-36(26-55)14-37(13-35)27-55/h3-8,15-19,32-38,60-61H,9-14,20-31,58-59H2,1-2H3. The van der Waals surface area contributed by atoms with Gasteiger partial charge in [-0.2, -0.15) is 0 Å². The van der Waals surface area contributed by atoms with E-state index in [1.807, 2.05) is 0 Å². The monoisotopic (exact) mass is 811 g/mol. The van der Waals surface area contributed by atoms with Crippen LogP contribution in [-0.4, -0.2) is 10.2 Å². The van der Waals surface area contributed by atoms with Crippen molar-refractivity contribution in [3.05, 3.63) is 106 Å². The van der Waals surface area contributed by atoms with Crippen LogP contribution in [0.3, 0.4) is 0 Å². The molecule has 4 aromatic rings. The fraction of sp³-hybridized carbons (Fsp3) is 0.579. The van der Waals surface area contributed by atoms with Crippen molar-refractivity contribution < 1.29 is 10.2 Å². The Hall–Kier alpha value is -3.92. The number of aromatic hydroxyl groups is 2. The van der Waals surface area contributed by atoms with Gasteiger partial charge >= 0.3 is 0 Å². The number of hydrogen-bond donors (Lipinski definition) is 4. The number of nitrogens with two attached hydrogens (primary N) is 2. The zero-order valence-corrected chi connectivity index (χ0v) is 36.7. The van der Waals surface area contributed by atoms with Gasteiger partial charge < -0.3 is 21.7 Å². The quantitative estimate of drug-likeness (QED) is 0.105. The van der Waals surface area contributed by atoms with Gasteiger partial charge in [0.25, 0.3) is 0 Å². The Bertz CT molecular complexity index is 2390. The van der Waals surface area contributed by atoms with Crippen LogP contribution in [-0.2, 0) is 21.7 Å². The molecule has 2 atom stereocenters. The Morgan fingerprint density at radius 3 is 1.33 bits per heavy atom. The van der Waals surface area contributed by atoms with Crippen molar-refractivity contribution >= 4 is 11.4 Å². The lowest BCUT2D eigenvalue weighted by Gasteiger charge is -2.65. The first-order valence-corrected chi connectivity index (χ1v) is 24.8. The normalized spacial score (nSPS) is 43.9. The molecule has 13 aliphatic carbocycles. The summed E-state index contributed by atoms with van der Waals surface area (Å²) in [7, 11) is 0. The van der Waals surface area contributed by atoms with E-state index in [0.29, 0.717) is 33.7 Å². The summed E-state index contributed by atoms with van der Waals surface area (Å²) in [6.45, 7) is 5.21. The average Bonchev–Trinajstić information content (AvgIpc) is 3.48. The molecule has 12 fully saturated rings. The molecule has 0 aromatic heterocycles. The van der Waals surface area contributed by atoms with E-state index in [1.165, 1.54) is 105 Å². The predicted molar refractivity (Wildman–Crippen MR) is 245 cm³/mol. The molecule has 0 radical (unpaired) electrons. The number of rotatable bonds is 5. The van der Waals surface area contributed by atoms with E-state index >= 15 is 0 Å². The smallest absolute Gasteiger partial charge is 0.142 e. The molecule has 2 unspecified atom stereocenters. The molecule has 0 aliphatic heterocycles. The van der Waals surface area contributed by atoms with E-state index in [-0.39, 0.29) is 16.2 Å². The largest absolute Gasteiger partial charge is 0.505 e. The van der Waals surface area contributed by atoms with E-state index in [1.54, 1.807) is 0 Å². The van der Waals surface area contributed by atoms with Crippen molar-refractivity contribution in [2.75, 3.05) is 11.5 Å². The highest BCUT2D eigenvalue weighted by molar-refractivity contribution is 5.88. The third-order valence-electron chi connectivity index (χ3n) is 20.6. The second-order valence-corrected chi connectivity index (χ2v) is 25.3. The van der Waals surface area contributed by atoms with Gasteiger partial charge in [0, 0.05) is 11.1 Å². The van der Waals surface area contributed by atoms with Gasteiger partial charge in [-0.15, -0.1) is 0 Å². The van der Waals surface area contributed by atoms with E-state index < -0.39 is 5.41 Å². The molecule has 0 spiro atoms.